The van der Waals surface area contributed by atoms with Gasteiger partial charge >= 0.3 is 5.97 Å². The smallest absolute Gasteiger partial charge is 0.326 e. The molecule has 1 atom stereocenters. The van der Waals surface area contributed by atoms with Crippen molar-refractivity contribution in [1.82, 2.24) is 8.87 Å². The number of hydrogen-bond acceptors (Lipinski definition) is 4. The van der Waals surface area contributed by atoms with Gasteiger partial charge in [0, 0.05) is 36.1 Å². The lowest BCUT2D eigenvalue weighted by atomic mass is 9.88. The molecule has 4 rings (SSSR count). The van der Waals surface area contributed by atoms with Gasteiger partial charge < -0.3 is 14.8 Å². The van der Waals surface area contributed by atoms with Crippen LogP contribution in [0.3, 0.4) is 0 Å². The number of carbonyl (C=O) groups is 1. The Morgan fingerprint density at radius 2 is 1.67 bits per heavy atom. The first-order valence-corrected chi connectivity index (χ1v) is 13.2. The fourth-order valence-electron chi connectivity index (χ4n) is 5.26. The zero-order chi connectivity index (χ0) is 26.4. The maximum Gasteiger partial charge on any atom is 0.326 e. The van der Waals surface area contributed by atoms with E-state index in [0.29, 0.717) is 29.4 Å². The molecule has 194 valence electrons. The van der Waals surface area contributed by atoms with E-state index >= 15 is 0 Å². The van der Waals surface area contributed by atoms with Crippen molar-refractivity contribution in [3.05, 3.63) is 65.4 Å². The highest BCUT2D eigenvalue weighted by atomic mass is 32.2. The third-order valence-corrected chi connectivity index (χ3v) is 8.78. The van der Waals surface area contributed by atoms with Gasteiger partial charge in [-0.15, -0.1) is 0 Å². The monoisotopic (exact) mass is 520 g/mol. The fraction of sp³-hybridized carbons (Fsp3) is 0.423. The second kappa shape index (κ2) is 9.57. The molecule has 7 nitrogen and oxygen atoms in total. The average Bonchev–Trinajstić information content (AvgIpc) is 3.07. The number of aliphatic carboxylic acids is 1. The summed E-state index contributed by atoms with van der Waals surface area (Å²) in [5.74, 6) is -2.19. The molecular weight excluding hydrogens is 490 g/mol. The van der Waals surface area contributed by atoms with Crippen molar-refractivity contribution in [1.29, 1.82) is 0 Å². The second-order valence-corrected chi connectivity index (χ2v) is 12.0. The zero-order valence-corrected chi connectivity index (χ0v) is 21.2. The van der Waals surface area contributed by atoms with Crippen LogP contribution in [-0.2, 0) is 14.8 Å². The van der Waals surface area contributed by atoms with Gasteiger partial charge in [0.15, 0.2) is 0 Å². The molecular formula is C26H30F2N2O5S. The number of fused-ring (bicyclic) bond motifs is 1. The molecule has 0 spiro atoms. The highest BCUT2D eigenvalue weighted by molar-refractivity contribution is 7.89. The summed E-state index contributed by atoms with van der Waals surface area (Å²) in [6.45, 7) is 5.31. The average molecular weight is 521 g/mol. The molecule has 2 N–H and O–H groups in total. The van der Waals surface area contributed by atoms with Gasteiger partial charge in [-0.25, -0.2) is 22.0 Å². The largest absolute Gasteiger partial charge is 0.480 e. The van der Waals surface area contributed by atoms with Gasteiger partial charge in [-0.1, -0.05) is 0 Å². The SMILES string of the molecule is Cc1c(C2CCN(S(=O)(=O)c3ccc(F)cc3)CC2)c2cc(F)ccc2n1C(CC(C)(C)O)C(=O)O. The molecule has 2 heterocycles. The van der Waals surface area contributed by atoms with E-state index in [9.17, 15) is 32.2 Å². The van der Waals surface area contributed by atoms with Gasteiger partial charge in [0.2, 0.25) is 10.0 Å². The van der Waals surface area contributed by atoms with Crippen LogP contribution in [0.5, 0.6) is 0 Å². The number of aliphatic hydroxyl groups is 1. The van der Waals surface area contributed by atoms with Gasteiger partial charge in [-0.05, 0) is 87.6 Å². The maximum atomic E-state index is 14.3. The van der Waals surface area contributed by atoms with Crippen LogP contribution in [0, 0.1) is 18.6 Å². The maximum absolute atomic E-state index is 14.3. The lowest BCUT2D eigenvalue weighted by Crippen LogP contribution is -2.38. The Kier molecular flexibility index (Phi) is 6.98. The van der Waals surface area contributed by atoms with E-state index in [-0.39, 0.29) is 30.3 Å². The Bertz CT molecular complexity index is 1390. The van der Waals surface area contributed by atoms with Gasteiger partial charge in [0.05, 0.1) is 10.5 Å². The predicted molar refractivity (Wildman–Crippen MR) is 131 cm³/mol. The Labute approximate surface area is 209 Å². The minimum Gasteiger partial charge on any atom is -0.480 e. The van der Waals surface area contributed by atoms with E-state index in [0.717, 1.165) is 17.7 Å². The zero-order valence-electron chi connectivity index (χ0n) is 20.4. The lowest BCUT2D eigenvalue weighted by molar-refractivity contribution is -0.142. The summed E-state index contributed by atoms with van der Waals surface area (Å²) in [4.78, 5) is 12.3. The van der Waals surface area contributed by atoms with Crippen LogP contribution < -0.4 is 0 Å². The minimum atomic E-state index is -3.79. The Balaban J connectivity index is 1.69. The standard InChI is InChI=1S/C26H30F2N2O5S/c1-16-24(17-10-12-29(13-11-17)36(34,35)20-7-4-18(27)5-8-20)21-14-19(28)6-9-22(21)30(16)23(25(31)32)15-26(2,3)33/h4-9,14,17,23,33H,10-13,15H2,1-3H3,(H,31,32). The molecule has 0 amide bonds. The molecule has 1 saturated heterocycles. The normalized spacial score (nSPS) is 16.9. The number of halogens is 2. The molecule has 0 bridgehead atoms. The molecule has 1 unspecified atom stereocenters. The summed E-state index contributed by atoms with van der Waals surface area (Å²) in [5.41, 5.74) is 0.770. The summed E-state index contributed by atoms with van der Waals surface area (Å²) in [6.07, 6.45) is 0.873. The number of benzene rings is 2. The van der Waals surface area contributed by atoms with Crippen LogP contribution in [0.25, 0.3) is 10.9 Å². The van der Waals surface area contributed by atoms with Crippen molar-refractivity contribution in [2.45, 2.75) is 62.5 Å². The van der Waals surface area contributed by atoms with Gasteiger partial charge in [0.25, 0.3) is 0 Å². The van der Waals surface area contributed by atoms with E-state index < -0.39 is 39.3 Å². The Morgan fingerprint density at radius 3 is 2.22 bits per heavy atom. The van der Waals surface area contributed by atoms with Gasteiger partial charge in [0.1, 0.15) is 17.7 Å². The third kappa shape index (κ3) is 5.02. The van der Waals surface area contributed by atoms with Crippen LogP contribution >= 0.6 is 0 Å². The van der Waals surface area contributed by atoms with Gasteiger partial charge in [-0.2, -0.15) is 4.31 Å². The molecule has 0 radical (unpaired) electrons. The molecule has 1 aromatic heterocycles. The molecule has 10 heteroatoms. The number of aromatic nitrogens is 1. The third-order valence-electron chi connectivity index (χ3n) is 6.86. The minimum absolute atomic E-state index is 0.0214. The van der Waals surface area contributed by atoms with Crippen molar-refractivity contribution in [3.63, 3.8) is 0 Å². The van der Waals surface area contributed by atoms with Crippen LogP contribution in [0.15, 0.2) is 47.4 Å². The van der Waals surface area contributed by atoms with E-state index in [1.807, 2.05) is 0 Å². The van der Waals surface area contributed by atoms with Crippen molar-refractivity contribution >= 4 is 26.9 Å². The van der Waals surface area contributed by atoms with Crippen molar-refractivity contribution < 1.29 is 32.2 Å². The number of hydrogen-bond donors (Lipinski definition) is 2. The summed E-state index contributed by atoms with van der Waals surface area (Å²) in [5, 5.41) is 20.9. The highest BCUT2D eigenvalue weighted by Gasteiger charge is 2.35. The first-order valence-electron chi connectivity index (χ1n) is 11.8. The van der Waals surface area contributed by atoms with Crippen LogP contribution in [0.1, 0.15) is 56.3 Å². The topological polar surface area (TPSA) is 99.8 Å². The quantitative estimate of drug-likeness (QED) is 0.475. The summed E-state index contributed by atoms with van der Waals surface area (Å²) in [6, 6.07) is 7.86. The number of sulfonamides is 1. The molecule has 1 fully saturated rings. The Morgan fingerprint density at radius 1 is 1.08 bits per heavy atom. The highest BCUT2D eigenvalue weighted by Crippen LogP contribution is 2.41. The van der Waals surface area contributed by atoms with Gasteiger partial charge in [-0.3, -0.25) is 0 Å². The number of rotatable bonds is 7. The molecule has 0 saturated carbocycles. The van der Waals surface area contributed by atoms with Crippen LogP contribution in [-0.4, -0.2) is 52.2 Å². The molecule has 36 heavy (non-hydrogen) atoms. The molecule has 1 aliphatic rings. The summed E-state index contributed by atoms with van der Waals surface area (Å²) >= 11 is 0. The van der Waals surface area contributed by atoms with Crippen LogP contribution in [0.4, 0.5) is 8.78 Å². The number of carboxylic acid groups (broad SMARTS) is 1. The molecule has 1 aliphatic heterocycles. The van der Waals surface area contributed by atoms with E-state index in [4.69, 9.17) is 0 Å². The van der Waals surface area contributed by atoms with E-state index in [2.05, 4.69) is 0 Å². The van der Waals surface area contributed by atoms with E-state index in [1.165, 1.54) is 28.6 Å². The number of piperidine rings is 1. The summed E-state index contributed by atoms with van der Waals surface area (Å²) < 4.78 is 56.6. The fourth-order valence-corrected chi connectivity index (χ4v) is 6.73. The number of carboxylic acids is 1. The summed E-state index contributed by atoms with van der Waals surface area (Å²) in [7, 11) is -3.79. The molecule has 0 aliphatic carbocycles. The Hall–Kier alpha value is -2.82. The predicted octanol–water partition coefficient (Wildman–Crippen LogP) is 4.58. The lowest BCUT2D eigenvalue weighted by Gasteiger charge is -2.32. The van der Waals surface area contributed by atoms with Crippen molar-refractivity contribution in [3.8, 4) is 0 Å². The van der Waals surface area contributed by atoms with Crippen molar-refractivity contribution in [2.24, 2.45) is 0 Å². The van der Waals surface area contributed by atoms with Crippen molar-refractivity contribution in [2.75, 3.05) is 13.1 Å². The number of nitrogens with zero attached hydrogens (tertiary/aromatic N) is 2. The molecule has 3 aromatic rings. The molecule has 2 aromatic carbocycles. The first kappa shape index (κ1) is 26.2. The first-order chi connectivity index (χ1) is 16.8. The van der Waals surface area contributed by atoms with E-state index in [1.54, 1.807) is 31.4 Å². The second-order valence-electron chi connectivity index (χ2n) is 10.0. The van der Waals surface area contributed by atoms with Crippen LogP contribution in [0.2, 0.25) is 0 Å².